The molecule has 0 aliphatic carbocycles. The molecule has 0 spiro atoms. The third-order valence-electron chi connectivity index (χ3n) is 5.06. The summed E-state index contributed by atoms with van der Waals surface area (Å²) in [7, 11) is 1.52. The first kappa shape index (κ1) is 20.8. The van der Waals surface area contributed by atoms with Crippen LogP contribution in [0, 0.1) is 0 Å². The number of carbonyl (C=O) groups excluding carboxylic acids is 2. The molecule has 1 atom stereocenters. The second-order valence-corrected chi connectivity index (χ2v) is 7.52. The second-order valence-electron chi connectivity index (χ2n) is 7.11. The van der Waals surface area contributed by atoms with Crippen LogP contribution in [0.25, 0.3) is 0 Å². The first-order valence-electron chi connectivity index (χ1n) is 9.78. The molecule has 158 valence electrons. The number of fused-ring (bicyclic) bond motifs is 1. The van der Waals surface area contributed by atoms with Crippen molar-refractivity contribution >= 4 is 34.8 Å². The minimum absolute atomic E-state index is 0.180. The lowest BCUT2D eigenvalue weighted by molar-refractivity contribution is -0.125. The summed E-state index contributed by atoms with van der Waals surface area (Å²) in [6.45, 7) is 2.01. The van der Waals surface area contributed by atoms with Gasteiger partial charge < -0.3 is 19.7 Å². The molecule has 3 aromatic carbocycles. The quantitative estimate of drug-likeness (QED) is 0.616. The summed E-state index contributed by atoms with van der Waals surface area (Å²) >= 11 is 6.31. The molecule has 1 unspecified atom stereocenters. The first-order valence-corrected chi connectivity index (χ1v) is 10.2. The molecule has 0 saturated carbocycles. The van der Waals surface area contributed by atoms with Gasteiger partial charge in [-0.1, -0.05) is 41.9 Å². The number of rotatable bonds is 5. The Kier molecular flexibility index (Phi) is 5.82. The number of nitrogens with one attached hydrogen (secondary N) is 1. The van der Waals surface area contributed by atoms with Gasteiger partial charge in [-0.2, -0.15) is 0 Å². The summed E-state index contributed by atoms with van der Waals surface area (Å²) in [5.41, 5.74) is 2.34. The van der Waals surface area contributed by atoms with E-state index < -0.39 is 6.10 Å². The molecule has 7 heteroatoms. The van der Waals surface area contributed by atoms with Gasteiger partial charge in [0.15, 0.2) is 6.10 Å². The monoisotopic (exact) mass is 436 g/mol. The summed E-state index contributed by atoms with van der Waals surface area (Å²) in [6, 6.07) is 19.6. The molecule has 4 rings (SSSR count). The van der Waals surface area contributed by atoms with Crippen molar-refractivity contribution in [3.05, 3.63) is 82.9 Å². The Bertz CT molecular complexity index is 1150. The average Bonchev–Trinajstić information content (AvgIpc) is 2.78. The molecule has 0 bridgehead atoms. The fraction of sp³-hybridized carbons (Fsp3) is 0.167. The largest absolute Gasteiger partial charge is 0.496 e. The molecule has 2 amide bonds. The maximum Gasteiger partial charge on any atom is 0.268 e. The number of halogens is 1. The number of hydrogen-bond acceptors (Lipinski definition) is 4. The van der Waals surface area contributed by atoms with Gasteiger partial charge in [0.05, 0.1) is 24.9 Å². The predicted octanol–water partition coefficient (Wildman–Crippen LogP) is 4.92. The Hall–Kier alpha value is -3.51. The lowest BCUT2D eigenvalue weighted by Crippen LogP contribution is -2.44. The van der Waals surface area contributed by atoms with Crippen molar-refractivity contribution in [2.75, 3.05) is 17.3 Å². The molecule has 1 N–H and O–H groups in total. The zero-order chi connectivity index (χ0) is 22.0. The summed E-state index contributed by atoms with van der Waals surface area (Å²) in [5, 5.41) is 3.45. The Morgan fingerprint density at radius 1 is 1.13 bits per heavy atom. The molecule has 1 aliphatic rings. The average molecular weight is 437 g/mol. The molecular weight excluding hydrogens is 416 g/mol. The molecule has 31 heavy (non-hydrogen) atoms. The maximum atomic E-state index is 12.9. The van der Waals surface area contributed by atoms with Crippen LogP contribution in [0.3, 0.4) is 0 Å². The van der Waals surface area contributed by atoms with Crippen LogP contribution in [0.4, 0.5) is 11.4 Å². The Morgan fingerprint density at radius 2 is 1.87 bits per heavy atom. The fourth-order valence-corrected chi connectivity index (χ4v) is 3.67. The molecule has 1 aliphatic heterocycles. The van der Waals surface area contributed by atoms with E-state index in [4.69, 9.17) is 21.1 Å². The van der Waals surface area contributed by atoms with Crippen molar-refractivity contribution in [3.63, 3.8) is 0 Å². The van der Waals surface area contributed by atoms with Crippen LogP contribution < -0.4 is 19.7 Å². The van der Waals surface area contributed by atoms with Gasteiger partial charge in [-0.25, -0.2) is 0 Å². The number of hydrogen-bond donors (Lipinski definition) is 1. The van der Waals surface area contributed by atoms with Gasteiger partial charge in [0, 0.05) is 10.7 Å². The molecule has 0 saturated heterocycles. The zero-order valence-electron chi connectivity index (χ0n) is 17.1. The summed E-state index contributed by atoms with van der Waals surface area (Å²) in [4.78, 5) is 27.3. The standard InChI is InChI=1S/C24H21ClN2O4/c1-15-24(29)27(14-16-7-3-5-9-19(16)25)20-13-17(11-12-22(20)31-15)26-23(28)18-8-4-6-10-21(18)30-2/h3-13,15H,14H2,1-2H3,(H,26,28). The van der Waals surface area contributed by atoms with Crippen LogP contribution in [-0.2, 0) is 11.3 Å². The minimum atomic E-state index is -0.621. The molecule has 0 fully saturated rings. The third-order valence-corrected chi connectivity index (χ3v) is 5.43. The van der Waals surface area contributed by atoms with Gasteiger partial charge in [0.25, 0.3) is 11.8 Å². The number of benzene rings is 3. The Morgan fingerprint density at radius 3 is 2.65 bits per heavy atom. The van der Waals surface area contributed by atoms with Crippen LogP contribution in [0.5, 0.6) is 11.5 Å². The summed E-state index contributed by atoms with van der Waals surface area (Å²) in [6.07, 6.45) is -0.621. The lowest BCUT2D eigenvalue weighted by Gasteiger charge is -2.33. The molecule has 0 radical (unpaired) electrons. The highest BCUT2D eigenvalue weighted by Crippen LogP contribution is 2.38. The van der Waals surface area contributed by atoms with Gasteiger partial charge in [-0.15, -0.1) is 0 Å². The van der Waals surface area contributed by atoms with Gasteiger partial charge in [0.1, 0.15) is 11.5 Å². The highest BCUT2D eigenvalue weighted by molar-refractivity contribution is 6.31. The van der Waals surface area contributed by atoms with Gasteiger partial charge in [0.2, 0.25) is 0 Å². The maximum absolute atomic E-state index is 12.9. The number of methoxy groups -OCH3 is 1. The third kappa shape index (κ3) is 4.20. The molecule has 0 aromatic heterocycles. The van der Waals surface area contributed by atoms with Crippen molar-refractivity contribution in [2.45, 2.75) is 19.6 Å². The van der Waals surface area contributed by atoms with E-state index in [1.165, 1.54) is 7.11 Å². The second kappa shape index (κ2) is 8.70. The smallest absolute Gasteiger partial charge is 0.268 e. The van der Waals surface area contributed by atoms with Crippen LogP contribution >= 0.6 is 11.6 Å². The molecule has 1 heterocycles. The predicted molar refractivity (Wildman–Crippen MR) is 120 cm³/mol. The number of carbonyl (C=O) groups is 2. The lowest BCUT2D eigenvalue weighted by atomic mass is 10.1. The first-order chi connectivity index (χ1) is 15.0. The van der Waals surface area contributed by atoms with E-state index in [1.54, 1.807) is 60.4 Å². The van der Waals surface area contributed by atoms with Crippen LogP contribution in [0.1, 0.15) is 22.8 Å². The summed E-state index contributed by atoms with van der Waals surface area (Å²) in [5.74, 6) is 0.548. The van der Waals surface area contributed by atoms with Crippen LogP contribution in [0.2, 0.25) is 5.02 Å². The zero-order valence-corrected chi connectivity index (χ0v) is 17.8. The normalized spacial score (nSPS) is 15.1. The van der Waals surface area contributed by atoms with Crippen molar-refractivity contribution in [2.24, 2.45) is 0 Å². The number of ether oxygens (including phenoxy) is 2. The van der Waals surface area contributed by atoms with Gasteiger partial charge in [-0.3, -0.25) is 9.59 Å². The number of para-hydroxylation sites is 1. The summed E-state index contributed by atoms with van der Waals surface area (Å²) < 4.78 is 11.0. The van der Waals surface area contributed by atoms with Crippen molar-refractivity contribution in [3.8, 4) is 11.5 Å². The Labute approximate surface area is 185 Å². The van der Waals surface area contributed by atoms with E-state index in [0.717, 1.165) is 5.56 Å². The molecule has 6 nitrogen and oxygen atoms in total. The highest BCUT2D eigenvalue weighted by Gasteiger charge is 2.32. The molecule has 3 aromatic rings. The fourth-order valence-electron chi connectivity index (χ4n) is 3.48. The van der Waals surface area contributed by atoms with Crippen LogP contribution in [-0.4, -0.2) is 25.0 Å². The number of nitrogens with zero attached hydrogens (tertiary/aromatic N) is 1. The van der Waals surface area contributed by atoms with Crippen molar-refractivity contribution < 1.29 is 19.1 Å². The SMILES string of the molecule is COc1ccccc1C(=O)Nc1ccc2c(c1)N(Cc1ccccc1Cl)C(=O)C(C)O2. The van der Waals surface area contributed by atoms with E-state index in [-0.39, 0.29) is 11.8 Å². The number of amides is 2. The minimum Gasteiger partial charge on any atom is -0.496 e. The van der Waals surface area contributed by atoms with E-state index in [2.05, 4.69) is 5.32 Å². The number of anilines is 2. The van der Waals surface area contributed by atoms with E-state index >= 15 is 0 Å². The highest BCUT2D eigenvalue weighted by atomic mass is 35.5. The Balaban J connectivity index is 1.65. The van der Waals surface area contributed by atoms with E-state index in [1.807, 2.05) is 18.2 Å². The van der Waals surface area contributed by atoms with Gasteiger partial charge >= 0.3 is 0 Å². The van der Waals surface area contributed by atoms with Crippen LogP contribution in [0.15, 0.2) is 66.7 Å². The van der Waals surface area contributed by atoms with Crippen molar-refractivity contribution in [1.29, 1.82) is 0 Å². The van der Waals surface area contributed by atoms with Crippen molar-refractivity contribution in [1.82, 2.24) is 0 Å². The van der Waals surface area contributed by atoms with E-state index in [0.29, 0.717) is 40.0 Å². The van der Waals surface area contributed by atoms with Gasteiger partial charge in [-0.05, 0) is 48.9 Å². The van der Waals surface area contributed by atoms with E-state index in [9.17, 15) is 9.59 Å². The topological polar surface area (TPSA) is 67.9 Å². The molecular formula is C24H21ClN2O4.